The summed E-state index contributed by atoms with van der Waals surface area (Å²) in [6, 6.07) is 5.90. The van der Waals surface area contributed by atoms with Crippen molar-refractivity contribution in [3.05, 3.63) is 35.0 Å². The van der Waals surface area contributed by atoms with Gasteiger partial charge in [0.2, 0.25) is 0 Å². The highest BCUT2D eigenvalue weighted by Crippen LogP contribution is 2.50. The highest BCUT2D eigenvalue weighted by atomic mass is 35.5. The molecule has 2 bridgehead atoms. The van der Waals surface area contributed by atoms with Gasteiger partial charge < -0.3 is 14.8 Å². The van der Waals surface area contributed by atoms with Crippen LogP contribution in [0.25, 0.3) is 10.9 Å². The van der Waals surface area contributed by atoms with Crippen LogP contribution in [-0.4, -0.2) is 42.6 Å². The second-order valence-electron chi connectivity index (χ2n) is 9.86. The second kappa shape index (κ2) is 8.31. The number of hydrogen-bond acceptors (Lipinski definition) is 2. The number of benzene rings is 1. The van der Waals surface area contributed by atoms with Crippen molar-refractivity contribution in [2.24, 2.45) is 17.3 Å². The van der Waals surface area contributed by atoms with E-state index in [0.29, 0.717) is 16.0 Å². The Kier molecular flexibility index (Phi) is 5.94. The smallest absolute Gasteiger partial charge is 0.253 e. The summed E-state index contributed by atoms with van der Waals surface area (Å²) in [7, 11) is 4.13. The fraction of sp³-hybridized carbons (Fsp3) is 0.625. The average molecular weight is 416 g/mol. The number of halogens is 1. The van der Waals surface area contributed by atoms with Gasteiger partial charge >= 0.3 is 0 Å². The Morgan fingerprint density at radius 1 is 1.34 bits per heavy atom. The first-order valence-electron chi connectivity index (χ1n) is 11.1. The molecule has 1 aromatic carbocycles. The summed E-state index contributed by atoms with van der Waals surface area (Å²) in [5.74, 6) is 1.64. The van der Waals surface area contributed by atoms with Gasteiger partial charge in [0.15, 0.2) is 0 Å². The predicted molar refractivity (Wildman–Crippen MR) is 121 cm³/mol. The quantitative estimate of drug-likeness (QED) is 0.704. The molecule has 5 heteroatoms. The van der Waals surface area contributed by atoms with Crippen molar-refractivity contribution in [3.8, 4) is 0 Å². The number of rotatable bonds is 6. The minimum absolute atomic E-state index is 0.0152. The molecule has 1 amide bonds. The fourth-order valence-electron chi connectivity index (χ4n) is 5.93. The van der Waals surface area contributed by atoms with Crippen molar-refractivity contribution in [3.63, 3.8) is 0 Å². The van der Waals surface area contributed by atoms with E-state index >= 15 is 0 Å². The Labute approximate surface area is 179 Å². The molecule has 2 aliphatic carbocycles. The third-order valence-corrected chi connectivity index (χ3v) is 7.39. The molecule has 0 saturated heterocycles. The van der Waals surface area contributed by atoms with Gasteiger partial charge in [0.25, 0.3) is 5.91 Å². The first kappa shape index (κ1) is 20.7. The molecule has 158 valence electrons. The van der Waals surface area contributed by atoms with Crippen LogP contribution in [0.15, 0.2) is 24.4 Å². The molecule has 1 N–H and O–H groups in total. The molecule has 2 aliphatic rings. The first-order chi connectivity index (χ1) is 13.9. The zero-order valence-corrected chi connectivity index (χ0v) is 18.8. The Morgan fingerprint density at radius 2 is 2.17 bits per heavy atom. The molecule has 29 heavy (non-hydrogen) atoms. The van der Waals surface area contributed by atoms with Gasteiger partial charge in [0.05, 0.1) is 16.1 Å². The molecule has 0 aliphatic heterocycles. The van der Waals surface area contributed by atoms with Gasteiger partial charge in [-0.15, -0.1) is 0 Å². The number of aromatic nitrogens is 1. The molecule has 3 unspecified atom stereocenters. The highest BCUT2D eigenvalue weighted by Gasteiger charge is 2.42. The van der Waals surface area contributed by atoms with E-state index in [9.17, 15) is 4.79 Å². The van der Waals surface area contributed by atoms with Crippen LogP contribution in [0.1, 0.15) is 55.8 Å². The van der Waals surface area contributed by atoms with Gasteiger partial charge in [0, 0.05) is 31.2 Å². The Bertz CT molecular complexity index is 886. The lowest BCUT2D eigenvalue weighted by Crippen LogP contribution is -2.44. The zero-order chi connectivity index (χ0) is 20.6. The minimum atomic E-state index is 0.0152. The lowest BCUT2D eigenvalue weighted by molar-refractivity contribution is 0.0434. The van der Waals surface area contributed by atoms with Crippen LogP contribution in [0.3, 0.4) is 0 Å². The fourth-order valence-corrected chi connectivity index (χ4v) is 6.20. The number of carbonyl (C=O) groups is 1. The molecule has 4 nitrogen and oxygen atoms in total. The molecule has 1 aromatic heterocycles. The van der Waals surface area contributed by atoms with E-state index in [2.05, 4.69) is 41.9 Å². The number of nitrogens with one attached hydrogen (secondary N) is 1. The minimum Gasteiger partial charge on any atom is -0.351 e. The Morgan fingerprint density at radius 3 is 2.97 bits per heavy atom. The highest BCUT2D eigenvalue weighted by molar-refractivity contribution is 6.36. The topological polar surface area (TPSA) is 37.3 Å². The maximum atomic E-state index is 13.3. The van der Waals surface area contributed by atoms with Crippen LogP contribution in [0.2, 0.25) is 5.02 Å². The van der Waals surface area contributed by atoms with Crippen LogP contribution in [-0.2, 0) is 6.54 Å². The molecular weight excluding hydrogens is 382 g/mol. The van der Waals surface area contributed by atoms with Gasteiger partial charge in [-0.2, -0.15) is 0 Å². The number of carbonyl (C=O) groups excluding carboxylic acids is 1. The normalized spacial score (nSPS) is 26.8. The van der Waals surface area contributed by atoms with Crippen LogP contribution >= 0.6 is 11.6 Å². The van der Waals surface area contributed by atoms with E-state index in [1.807, 2.05) is 18.3 Å². The van der Waals surface area contributed by atoms with Crippen molar-refractivity contribution in [2.75, 3.05) is 27.2 Å². The van der Waals surface area contributed by atoms with Crippen LogP contribution in [0.4, 0.5) is 0 Å². The first-order valence-corrected chi connectivity index (χ1v) is 11.4. The predicted octanol–water partition coefficient (Wildman–Crippen LogP) is 5.19. The number of nitrogens with zero attached hydrogens (tertiary/aromatic N) is 2. The summed E-state index contributed by atoms with van der Waals surface area (Å²) in [5, 5.41) is 4.84. The SMILES string of the molecule is CC1CC2CCCC(CNC(=O)c3cn(CCN(C)C)c4cccc(Cl)c34)(C1)C2. The number of amides is 1. The number of likely N-dealkylation sites (N-methyl/N-ethyl adjacent to an activating group) is 1. The van der Waals surface area contributed by atoms with E-state index in [-0.39, 0.29) is 5.91 Å². The summed E-state index contributed by atoms with van der Waals surface area (Å²) in [4.78, 5) is 15.4. The van der Waals surface area contributed by atoms with Crippen molar-refractivity contribution in [2.45, 2.75) is 52.0 Å². The third-order valence-electron chi connectivity index (χ3n) is 7.07. The Hall–Kier alpha value is -1.52. The monoisotopic (exact) mass is 415 g/mol. The van der Waals surface area contributed by atoms with Crippen molar-refractivity contribution >= 4 is 28.4 Å². The van der Waals surface area contributed by atoms with Crippen LogP contribution in [0, 0.1) is 17.3 Å². The standard InChI is InChI=1S/C24H34ClN3O/c1-17-12-18-6-5-9-24(13-17,14-18)16-26-23(29)19-15-28(11-10-27(2)3)21-8-4-7-20(25)22(19)21/h4,7-8,15,17-18H,5-6,9-14,16H2,1-3H3,(H,26,29). The zero-order valence-electron chi connectivity index (χ0n) is 18.0. The lowest BCUT2D eigenvalue weighted by atomic mass is 9.59. The van der Waals surface area contributed by atoms with E-state index in [4.69, 9.17) is 11.6 Å². The summed E-state index contributed by atoms with van der Waals surface area (Å²) in [5.41, 5.74) is 2.03. The van der Waals surface area contributed by atoms with Crippen molar-refractivity contribution in [1.29, 1.82) is 0 Å². The third kappa shape index (κ3) is 4.34. The average Bonchev–Trinajstić information content (AvgIpc) is 3.04. The van der Waals surface area contributed by atoms with E-state index in [1.165, 1.54) is 38.5 Å². The molecular formula is C24H34ClN3O. The van der Waals surface area contributed by atoms with Gasteiger partial charge in [-0.25, -0.2) is 0 Å². The summed E-state index contributed by atoms with van der Waals surface area (Å²) in [6.07, 6.45) is 9.81. The molecule has 0 radical (unpaired) electrons. The molecule has 1 heterocycles. The van der Waals surface area contributed by atoms with Gasteiger partial charge in [-0.3, -0.25) is 4.79 Å². The van der Waals surface area contributed by atoms with Gasteiger partial charge in [-0.1, -0.05) is 37.4 Å². The second-order valence-corrected chi connectivity index (χ2v) is 10.3. The van der Waals surface area contributed by atoms with E-state index in [0.717, 1.165) is 42.4 Å². The Balaban J connectivity index is 1.55. The molecule has 2 fully saturated rings. The lowest BCUT2D eigenvalue weighted by Gasteiger charge is -2.48. The van der Waals surface area contributed by atoms with E-state index in [1.54, 1.807) is 0 Å². The van der Waals surface area contributed by atoms with Gasteiger partial charge in [-0.05, 0) is 69.2 Å². The van der Waals surface area contributed by atoms with Gasteiger partial charge in [0.1, 0.15) is 0 Å². The molecule has 2 saturated carbocycles. The summed E-state index contributed by atoms with van der Waals surface area (Å²) < 4.78 is 2.16. The van der Waals surface area contributed by atoms with Crippen LogP contribution < -0.4 is 5.32 Å². The maximum absolute atomic E-state index is 13.3. The number of fused-ring (bicyclic) bond motifs is 3. The summed E-state index contributed by atoms with van der Waals surface area (Å²) >= 11 is 6.53. The summed E-state index contributed by atoms with van der Waals surface area (Å²) in [6.45, 7) is 4.92. The molecule has 2 aromatic rings. The van der Waals surface area contributed by atoms with Crippen molar-refractivity contribution in [1.82, 2.24) is 14.8 Å². The largest absolute Gasteiger partial charge is 0.351 e. The maximum Gasteiger partial charge on any atom is 0.253 e. The van der Waals surface area contributed by atoms with E-state index < -0.39 is 0 Å². The molecule has 4 rings (SSSR count). The molecule has 0 spiro atoms. The molecule has 3 atom stereocenters. The number of hydrogen-bond donors (Lipinski definition) is 1. The van der Waals surface area contributed by atoms with Crippen molar-refractivity contribution < 1.29 is 4.79 Å². The van der Waals surface area contributed by atoms with Crippen LogP contribution in [0.5, 0.6) is 0 Å².